The molecule has 0 aliphatic carbocycles. The Morgan fingerprint density at radius 2 is 1.90 bits per heavy atom. The van der Waals surface area contributed by atoms with Crippen molar-refractivity contribution in [2.45, 2.75) is 24.7 Å². The molecule has 1 saturated heterocycles. The van der Waals surface area contributed by atoms with Gasteiger partial charge in [-0.3, -0.25) is 4.79 Å². The molecular weight excluding hydrogens is 388 g/mol. The number of hydrogen-bond acceptors (Lipinski definition) is 4. The number of amides is 1. The first kappa shape index (κ1) is 19.4. The van der Waals surface area contributed by atoms with Crippen LogP contribution in [0.5, 0.6) is 0 Å². The van der Waals surface area contributed by atoms with Gasteiger partial charge in [0.15, 0.2) is 0 Å². The third kappa shape index (κ3) is 3.81. The lowest BCUT2D eigenvalue weighted by Crippen LogP contribution is -2.28. The summed E-state index contributed by atoms with van der Waals surface area (Å²) in [6, 6.07) is 13.9. The van der Waals surface area contributed by atoms with Gasteiger partial charge in [-0.1, -0.05) is 24.3 Å². The highest BCUT2D eigenvalue weighted by atomic mass is 32.2. The van der Waals surface area contributed by atoms with Crippen LogP contribution in [0.2, 0.25) is 0 Å². The Morgan fingerprint density at radius 1 is 1.14 bits per heavy atom. The normalized spacial score (nSPS) is 15.3. The van der Waals surface area contributed by atoms with Crippen molar-refractivity contribution in [2.24, 2.45) is 5.10 Å². The number of aryl methyl sites for hydroxylation is 1. The first-order chi connectivity index (χ1) is 14.0. The topological polar surface area (TPSA) is 94.6 Å². The fourth-order valence-electron chi connectivity index (χ4n) is 3.56. The standard InChI is InChI=1S/C21H22N4O3S/c1-15-19(18-9-2-3-10-20(18)23-15)14-22-24-21(26)16-7-6-8-17(13-16)29(27,28)25-11-4-5-12-25/h2-3,6-10,13-14,23H,4-5,11-12H2,1H3,(H,24,26). The Hall–Kier alpha value is -2.97. The van der Waals surface area contributed by atoms with Gasteiger partial charge in [0.25, 0.3) is 5.91 Å². The largest absolute Gasteiger partial charge is 0.358 e. The molecule has 2 N–H and O–H groups in total. The Kier molecular flexibility index (Phi) is 5.21. The quantitative estimate of drug-likeness (QED) is 0.500. The Labute approximate surface area is 169 Å². The smallest absolute Gasteiger partial charge is 0.271 e. The van der Waals surface area contributed by atoms with E-state index in [1.54, 1.807) is 18.3 Å². The van der Waals surface area contributed by atoms with Gasteiger partial charge in [0, 0.05) is 40.8 Å². The van der Waals surface area contributed by atoms with E-state index in [4.69, 9.17) is 0 Å². The fraction of sp³-hybridized carbons (Fsp3) is 0.238. The number of sulfonamides is 1. The van der Waals surface area contributed by atoms with Crippen LogP contribution in [-0.4, -0.2) is 42.9 Å². The van der Waals surface area contributed by atoms with Crippen LogP contribution >= 0.6 is 0 Å². The van der Waals surface area contributed by atoms with Crippen LogP contribution in [-0.2, 0) is 10.0 Å². The van der Waals surface area contributed by atoms with E-state index in [0.29, 0.717) is 13.1 Å². The summed E-state index contributed by atoms with van der Waals surface area (Å²) in [4.78, 5) is 15.9. The number of aromatic amines is 1. The number of aromatic nitrogens is 1. The number of nitrogens with zero attached hydrogens (tertiary/aromatic N) is 2. The van der Waals surface area contributed by atoms with Gasteiger partial charge in [-0.25, -0.2) is 13.8 Å². The molecule has 0 bridgehead atoms. The maximum atomic E-state index is 12.7. The molecule has 0 unspecified atom stereocenters. The lowest BCUT2D eigenvalue weighted by Gasteiger charge is -2.15. The van der Waals surface area contributed by atoms with Crippen molar-refractivity contribution >= 4 is 33.0 Å². The molecule has 4 rings (SSSR count). The highest BCUT2D eigenvalue weighted by molar-refractivity contribution is 7.89. The second kappa shape index (κ2) is 7.81. The van der Waals surface area contributed by atoms with Gasteiger partial charge in [0.1, 0.15) is 0 Å². The number of nitrogens with one attached hydrogen (secondary N) is 2. The number of carbonyl (C=O) groups is 1. The second-order valence-corrected chi connectivity index (χ2v) is 8.99. The van der Waals surface area contributed by atoms with Gasteiger partial charge in [0.2, 0.25) is 10.0 Å². The minimum Gasteiger partial charge on any atom is -0.358 e. The van der Waals surface area contributed by atoms with Crippen molar-refractivity contribution in [1.29, 1.82) is 0 Å². The van der Waals surface area contributed by atoms with E-state index in [2.05, 4.69) is 15.5 Å². The Bertz CT molecular complexity index is 1190. The molecule has 29 heavy (non-hydrogen) atoms. The van der Waals surface area contributed by atoms with Crippen molar-refractivity contribution < 1.29 is 13.2 Å². The maximum absolute atomic E-state index is 12.7. The molecule has 1 aliphatic rings. The molecule has 3 aromatic rings. The summed E-state index contributed by atoms with van der Waals surface area (Å²) in [5, 5.41) is 5.08. The third-order valence-electron chi connectivity index (χ3n) is 5.10. The molecule has 0 radical (unpaired) electrons. The van der Waals surface area contributed by atoms with E-state index in [9.17, 15) is 13.2 Å². The van der Waals surface area contributed by atoms with Crippen LogP contribution in [0.1, 0.15) is 34.5 Å². The summed E-state index contributed by atoms with van der Waals surface area (Å²) < 4.78 is 26.9. The van der Waals surface area contributed by atoms with Crippen molar-refractivity contribution in [3.05, 3.63) is 65.4 Å². The molecule has 150 valence electrons. The van der Waals surface area contributed by atoms with Gasteiger partial charge in [0.05, 0.1) is 11.1 Å². The molecule has 1 fully saturated rings. The van der Waals surface area contributed by atoms with Crippen molar-refractivity contribution in [3.63, 3.8) is 0 Å². The molecule has 2 heterocycles. The molecule has 7 nitrogen and oxygen atoms in total. The minimum atomic E-state index is -3.57. The lowest BCUT2D eigenvalue weighted by atomic mass is 10.1. The summed E-state index contributed by atoms with van der Waals surface area (Å²) in [6.07, 6.45) is 3.32. The predicted octanol–water partition coefficient (Wildman–Crippen LogP) is 3.02. The van der Waals surface area contributed by atoms with E-state index >= 15 is 0 Å². The van der Waals surface area contributed by atoms with E-state index < -0.39 is 15.9 Å². The third-order valence-corrected chi connectivity index (χ3v) is 7.00. The molecule has 1 aliphatic heterocycles. The predicted molar refractivity (Wildman–Crippen MR) is 113 cm³/mol. The average molecular weight is 410 g/mol. The first-order valence-corrected chi connectivity index (χ1v) is 10.9. The zero-order valence-electron chi connectivity index (χ0n) is 16.1. The van der Waals surface area contributed by atoms with Gasteiger partial charge in [-0.2, -0.15) is 9.41 Å². The highest BCUT2D eigenvalue weighted by Gasteiger charge is 2.27. The zero-order chi connectivity index (χ0) is 20.4. The van der Waals surface area contributed by atoms with Gasteiger partial charge in [-0.15, -0.1) is 0 Å². The highest BCUT2D eigenvalue weighted by Crippen LogP contribution is 2.22. The molecule has 0 saturated carbocycles. The van der Waals surface area contributed by atoms with Gasteiger partial charge in [-0.05, 0) is 44.0 Å². The number of para-hydroxylation sites is 1. The van der Waals surface area contributed by atoms with Crippen molar-refractivity contribution in [1.82, 2.24) is 14.7 Å². The van der Waals surface area contributed by atoms with Crippen LogP contribution in [0.25, 0.3) is 10.9 Å². The van der Waals surface area contributed by atoms with E-state index in [-0.39, 0.29) is 10.5 Å². The maximum Gasteiger partial charge on any atom is 0.271 e. The van der Waals surface area contributed by atoms with Crippen molar-refractivity contribution in [3.8, 4) is 0 Å². The summed E-state index contributed by atoms with van der Waals surface area (Å²) >= 11 is 0. The fourth-order valence-corrected chi connectivity index (χ4v) is 5.12. The van der Waals surface area contributed by atoms with Crippen LogP contribution < -0.4 is 5.43 Å². The number of H-pyrrole nitrogens is 1. The van der Waals surface area contributed by atoms with Crippen molar-refractivity contribution in [2.75, 3.05) is 13.1 Å². The SMILES string of the molecule is Cc1[nH]c2ccccc2c1C=NNC(=O)c1cccc(S(=O)(=O)N2CCCC2)c1. The molecule has 0 spiro atoms. The summed E-state index contributed by atoms with van der Waals surface area (Å²) in [5.41, 5.74) is 5.57. The van der Waals surface area contributed by atoms with E-state index in [0.717, 1.165) is 35.0 Å². The van der Waals surface area contributed by atoms with Crippen LogP contribution in [0, 0.1) is 6.92 Å². The lowest BCUT2D eigenvalue weighted by molar-refractivity contribution is 0.0955. The zero-order valence-corrected chi connectivity index (χ0v) is 16.9. The molecular formula is C21H22N4O3S. The molecule has 8 heteroatoms. The second-order valence-electron chi connectivity index (χ2n) is 7.05. The van der Waals surface area contributed by atoms with Gasteiger partial charge >= 0.3 is 0 Å². The number of hydrogen-bond donors (Lipinski definition) is 2. The molecule has 2 aromatic carbocycles. The van der Waals surface area contributed by atoms with Gasteiger partial charge < -0.3 is 4.98 Å². The van der Waals surface area contributed by atoms with E-state index in [1.165, 1.54) is 16.4 Å². The Balaban J connectivity index is 1.52. The number of carbonyl (C=O) groups excluding carboxylic acids is 1. The number of hydrazone groups is 1. The average Bonchev–Trinajstić information content (AvgIpc) is 3.37. The van der Waals surface area contributed by atoms with E-state index in [1.807, 2.05) is 31.2 Å². The number of benzene rings is 2. The van der Waals surface area contributed by atoms with Crippen LogP contribution in [0.3, 0.4) is 0 Å². The van der Waals surface area contributed by atoms with Crippen LogP contribution in [0.4, 0.5) is 0 Å². The summed E-state index contributed by atoms with van der Waals surface area (Å²) in [7, 11) is -3.57. The summed E-state index contributed by atoms with van der Waals surface area (Å²) in [6.45, 7) is 2.98. The molecule has 1 amide bonds. The summed E-state index contributed by atoms with van der Waals surface area (Å²) in [5.74, 6) is -0.461. The number of rotatable bonds is 5. The minimum absolute atomic E-state index is 0.128. The number of fused-ring (bicyclic) bond motifs is 1. The first-order valence-electron chi connectivity index (χ1n) is 9.48. The van der Waals surface area contributed by atoms with Crippen LogP contribution in [0.15, 0.2) is 58.5 Å². The molecule has 1 aromatic heterocycles. The molecule has 0 atom stereocenters. The Morgan fingerprint density at radius 3 is 2.69 bits per heavy atom. The monoisotopic (exact) mass is 410 g/mol.